The van der Waals surface area contributed by atoms with Gasteiger partial charge in [-0.25, -0.2) is 0 Å². The van der Waals surface area contributed by atoms with Crippen LogP contribution in [-0.4, -0.2) is 30.7 Å². The van der Waals surface area contributed by atoms with Crippen molar-refractivity contribution in [1.29, 1.82) is 0 Å². The van der Waals surface area contributed by atoms with Gasteiger partial charge < -0.3 is 24.9 Å². The molecule has 0 saturated carbocycles. The van der Waals surface area contributed by atoms with E-state index < -0.39 is 0 Å². The molecule has 6 heteroatoms. The summed E-state index contributed by atoms with van der Waals surface area (Å²) < 4.78 is 5.36. The topological polar surface area (TPSA) is 56.2 Å². The van der Waals surface area contributed by atoms with Crippen molar-refractivity contribution in [3.8, 4) is 0 Å². The van der Waals surface area contributed by atoms with Gasteiger partial charge in [-0.3, -0.25) is 0 Å². The van der Waals surface area contributed by atoms with Crippen molar-refractivity contribution < 1.29 is 4.42 Å². The number of nitrogens with zero attached hydrogens (tertiary/aromatic N) is 1. The molecule has 0 unspecified atom stereocenters. The minimum absolute atomic E-state index is 0.153. The van der Waals surface area contributed by atoms with Gasteiger partial charge in [-0.15, -0.1) is 0 Å². The number of aromatic nitrogens is 1. The Kier molecular flexibility index (Phi) is 6.05. The second-order valence-electron chi connectivity index (χ2n) is 7.47. The summed E-state index contributed by atoms with van der Waals surface area (Å²) in [6.07, 6.45) is 3.77. The Morgan fingerprint density at radius 2 is 1.83 bits per heavy atom. The molecule has 0 saturated heterocycles. The van der Waals surface area contributed by atoms with Gasteiger partial charge in [0.1, 0.15) is 5.76 Å². The summed E-state index contributed by atoms with van der Waals surface area (Å²) in [5.74, 6) is 1.01. The van der Waals surface area contributed by atoms with Crippen molar-refractivity contribution >= 4 is 33.9 Å². The monoisotopic (exact) mass is 418 g/mol. The molecule has 0 aliphatic rings. The molecular weight excluding hydrogens is 392 g/mol. The van der Waals surface area contributed by atoms with Gasteiger partial charge in [0.2, 0.25) is 0 Å². The van der Waals surface area contributed by atoms with E-state index in [-0.39, 0.29) is 5.92 Å². The minimum atomic E-state index is 0.153. The van der Waals surface area contributed by atoms with E-state index in [4.69, 9.17) is 16.6 Å². The Morgan fingerprint density at radius 1 is 1.03 bits per heavy atom. The molecule has 0 bridgehead atoms. The van der Waals surface area contributed by atoms with Gasteiger partial charge in [-0.2, -0.15) is 0 Å². The number of benzene rings is 2. The predicted molar refractivity (Wildman–Crippen MR) is 127 cm³/mol. The number of aromatic amines is 1. The SMILES string of the molecule is CN(C)c1ccc([C@@H](CNC(=S)NCc2ccco2)c2c[nH]c3ccccc23)cc1. The summed E-state index contributed by atoms with van der Waals surface area (Å²) in [5.41, 5.74) is 4.82. The first kappa shape index (κ1) is 20.0. The number of para-hydroxylation sites is 1. The van der Waals surface area contributed by atoms with Crippen molar-refractivity contribution in [2.45, 2.75) is 12.5 Å². The Labute approximate surface area is 182 Å². The van der Waals surface area contributed by atoms with Crippen LogP contribution in [0.4, 0.5) is 5.69 Å². The Hall–Kier alpha value is -3.25. The Bertz CT molecular complexity index is 1100. The molecule has 1 atom stereocenters. The van der Waals surface area contributed by atoms with Crippen LogP contribution in [0, 0.1) is 0 Å². The maximum Gasteiger partial charge on any atom is 0.166 e. The van der Waals surface area contributed by atoms with Crippen LogP contribution in [0.2, 0.25) is 0 Å². The summed E-state index contributed by atoms with van der Waals surface area (Å²) >= 11 is 5.50. The maximum absolute atomic E-state index is 5.50. The molecular formula is C24H26N4OS. The third-order valence-electron chi connectivity index (χ3n) is 5.28. The van der Waals surface area contributed by atoms with E-state index in [1.165, 1.54) is 22.2 Å². The lowest BCUT2D eigenvalue weighted by atomic mass is 9.90. The van der Waals surface area contributed by atoms with Crippen LogP contribution in [-0.2, 0) is 6.54 Å². The number of thiocarbonyl (C=S) groups is 1. The highest BCUT2D eigenvalue weighted by molar-refractivity contribution is 7.80. The minimum Gasteiger partial charge on any atom is -0.467 e. The van der Waals surface area contributed by atoms with E-state index in [0.29, 0.717) is 18.2 Å². The fourth-order valence-electron chi connectivity index (χ4n) is 3.63. The number of nitrogens with one attached hydrogen (secondary N) is 3. The zero-order chi connectivity index (χ0) is 20.9. The summed E-state index contributed by atoms with van der Waals surface area (Å²) in [5, 5.41) is 8.44. The average molecular weight is 419 g/mol. The van der Waals surface area contributed by atoms with Crippen molar-refractivity contribution in [2.24, 2.45) is 0 Å². The Balaban J connectivity index is 1.55. The molecule has 2 aromatic carbocycles. The van der Waals surface area contributed by atoms with Crippen LogP contribution in [0.25, 0.3) is 10.9 Å². The molecule has 4 rings (SSSR count). The lowest BCUT2D eigenvalue weighted by Crippen LogP contribution is -2.37. The first-order chi connectivity index (χ1) is 14.6. The smallest absolute Gasteiger partial charge is 0.166 e. The van der Waals surface area contributed by atoms with Gasteiger partial charge >= 0.3 is 0 Å². The molecule has 0 aliphatic carbocycles. The number of rotatable bonds is 7. The highest BCUT2D eigenvalue weighted by Gasteiger charge is 2.19. The second kappa shape index (κ2) is 9.05. The van der Waals surface area contributed by atoms with E-state index in [9.17, 15) is 0 Å². The number of H-pyrrole nitrogens is 1. The quantitative estimate of drug-likeness (QED) is 0.382. The molecule has 0 fully saturated rings. The van der Waals surface area contributed by atoms with Crippen LogP contribution < -0.4 is 15.5 Å². The zero-order valence-corrected chi connectivity index (χ0v) is 18.0. The highest BCUT2D eigenvalue weighted by atomic mass is 32.1. The fourth-order valence-corrected chi connectivity index (χ4v) is 3.79. The van der Waals surface area contributed by atoms with Crippen LogP contribution in [0.1, 0.15) is 22.8 Å². The van der Waals surface area contributed by atoms with Gasteiger partial charge in [-0.05, 0) is 53.7 Å². The van der Waals surface area contributed by atoms with E-state index in [2.05, 4.69) is 89.3 Å². The first-order valence-electron chi connectivity index (χ1n) is 9.99. The van der Waals surface area contributed by atoms with E-state index in [1.54, 1.807) is 6.26 Å². The molecule has 2 heterocycles. The zero-order valence-electron chi connectivity index (χ0n) is 17.2. The Morgan fingerprint density at radius 3 is 2.57 bits per heavy atom. The van der Waals surface area contributed by atoms with Gasteiger partial charge in [-0.1, -0.05) is 30.3 Å². The van der Waals surface area contributed by atoms with E-state index >= 15 is 0 Å². The van der Waals surface area contributed by atoms with Crippen LogP contribution in [0.5, 0.6) is 0 Å². The molecule has 0 radical (unpaired) electrons. The van der Waals surface area contributed by atoms with E-state index in [0.717, 1.165) is 11.3 Å². The number of hydrogen-bond acceptors (Lipinski definition) is 3. The number of fused-ring (bicyclic) bond motifs is 1. The van der Waals surface area contributed by atoms with Crippen molar-refractivity contribution in [2.75, 3.05) is 25.5 Å². The van der Waals surface area contributed by atoms with Crippen LogP contribution >= 0.6 is 12.2 Å². The standard InChI is InChI=1S/C24H26N4OS/c1-28(2)18-11-9-17(10-12-18)21(22-16-25-23-8-4-3-7-20(22)23)15-27-24(30)26-14-19-6-5-13-29-19/h3-13,16,21,25H,14-15H2,1-2H3,(H2,26,27,30)/t21-/m1/s1. The summed E-state index contributed by atoms with van der Waals surface area (Å²) in [6.45, 7) is 1.25. The molecule has 0 amide bonds. The molecule has 0 spiro atoms. The molecule has 30 heavy (non-hydrogen) atoms. The normalized spacial score (nSPS) is 11.9. The van der Waals surface area contributed by atoms with Gasteiger partial charge in [0.15, 0.2) is 5.11 Å². The molecule has 5 nitrogen and oxygen atoms in total. The number of anilines is 1. The molecule has 4 aromatic rings. The highest BCUT2D eigenvalue weighted by Crippen LogP contribution is 2.31. The third-order valence-corrected chi connectivity index (χ3v) is 5.57. The van der Waals surface area contributed by atoms with Crippen molar-refractivity contribution in [3.63, 3.8) is 0 Å². The lowest BCUT2D eigenvalue weighted by Gasteiger charge is -2.21. The van der Waals surface area contributed by atoms with Gasteiger partial charge in [0.05, 0.1) is 12.8 Å². The first-order valence-corrected chi connectivity index (χ1v) is 10.4. The van der Waals surface area contributed by atoms with Crippen LogP contribution in [0.15, 0.2) is 77.5 Å². The molecule has 3 N–H and O–H groups in total. The fraction of sp³-hybridized carbons (Fsp3) is 0.208. The third kappa shape index (κ3) is 4.49. The van der Waals surface area contributed by atoms with Crippen molar-refractivity contribution in [1.82, 2.24) is 15.6 Å². The molecule has 0 aliphatic heterocycles. The maximum atomic E-state index is 5.50. The summed E-state index contributed by atoms with van der Waals surface area (Å²) in [6, 6.07) is 20.9. The predicted octanol–water partition coefficient (Wildman–Crippen LogP) is 4.62. The van der Waals surface area contributed by atoms with Gasteiger partial charge in [0, 0.05) is 49.3 Å². The van der Waals surface area contributed by atoms with Crippen molar-refractivity contribution in [3.05, 3.63) is 90.0 Å². The largest absolute Gasteiger partial charge is 0.467 e. The lowest BCUT2D eigenvalue weighted by molar-refractivity contribution is 0.502. The summed E-state index contributed by atoms with van der Waals surface area (Å²) in [7, 11) is 4.10. The molecule has 2 aromatic heterocycles. The van der Waals surface area contributed by atoms with Crippen LogP contribution in [0.3, 0.4) is 0 Å². The average Bonchev–Trinajstić information content (AvgIpc) is 3.43. The number of hydrogen-bond donors (Lipinski definition) is 3. The van der Waals surface area contributed by atoms with E-state index in [1.807, 2.05) is 12.1 Å². The van der Waals surface area contributed by atoms with Gasteiger partial charge in [0.25, 0.3) is 0 Å². The summed E-state index contributed by atoms with van der Waals surface area (Å²) in [4.78, 5) is 5.51. The number of furan rings is 1. The molecule has 154 valence electrons. The second-order valence-corrected chi connectivity index (χ2v) is 7.88.